The number of ether oxygens (including phenoxy) is 1. The first-order valence-electron chi connectivity index (χ1n) is 10.0. The van der Waals surface area contributed by atoms with Crippen LogP contribution in [0, 0.1) is 10.5 Å². The van der Waals surface area contributed by atoms with Crippen LogP contribution in [0.2, 0.25) is 0 Å². The monoisotopic (exact) mass is 520 g/mol. The highest BCUT2D eigenvalue weighted by Crippen LogP contribution is 2.31. The zero-order chi connectivity index (χ0) is 21.4. The van der Waals surface area contributed by atoms with E-state index in [2.05, 4.69) is 77.0 Å². The van der Waals surface area contributed by atoms with Gasteiger partial charge in [0.2, 0.25) is 0 Å². The molecule has 0 atom stereocenters. The standard InChI is InChI=1S/C25H21IN4O/c1-16-23(18-6-4-3-5-7-18)28-25(27-16)24-21-14-19(26)10-13-22(21)30(29-24)15-17-8-11-20(31-2)12-9-17/h3-14H,15H2,1-2H3,(H,27,28). The molecule has 0 saturated heterocycles. The Labute approximate surface area is 194 Å². The van der Waals surface area contributed by atoms with Gasteiger partial charge in [-0.3, -0.25) is 4.68 Å². The molecule has 0 radical (unpaired) electrons. The van der Waals surface area contributed by atoms with E-state index in [1.54, 1.807) is 7.11 Å². The number of aromatic amines is 1. The molecular formula is C25H21IN4O. The van der Waals surface area contributed by atoms with Crippen molar-refractivity contribution in [3.05, 3.63) is 87.6 Å². The van der Waals surface area contributed by atoms with E-state index >= 15 is 0 Å². The summed E-state index contributed by atoms with van der Waals surface area (Å²) < 4.78 is 8.49. The first-order valence-corrected chi connectivity index (χ1v) is 11.1. The fraction of sp³-hybridized carbons (Fsp3) is 0.120. The second-order valence-electron chi connectivity index (χ2n) is 7.44. The van der Waals surface area contributed by atoms with Gasteiger partial charge in [0.1, 0.15) is 11.4 Å². The van der Waals surface area contributed by atoms with Gasteiger partial charge in [0, 0.05) is 20.2 Å². The number of aromatic nitrogens is 4. The number of methoxy groups -OCH3 is 1. The molecule has 0 spiro atoms. The number of halogens is 1. The summed E-state index contributed by atoms with van der Waals surface area (Å²) in [6.07, 6.45) is 0. The third kappa shape index (κ3) is 3.83. The number of aryl methyl sites for hydroxylation is 1. The summed E-state index contributed by atoms with van der Waals surface area (Å²) in [5.74, 6) is 1.64. The van der Waals surface area contributed by atoms with Crippen molar-refractivity contribution in [3.8, 4) is 28.5 Å². The Morgan fingerprint density at radius 3 is 2.48 bits per heavy atom. The number of fused-ring (bicyclic) bond motifs is 1. The predicted octanol–water partition coefficient (Wildman–Crippen LogP) is 6.06. The molecule has 3 aromatic carbocycles. The number of hydrogen-bond acceptors (Lipinski definition) is 3. The molecule has 0 amide bonds. The van der Waals surface area contributed by atoms with Gasteiger partial charge in [-0.1, -0.05) is 42.5 Å². The molecule has 0 aliphatic carbocycles. The second kappa shape index (κ2) is 8.19. The maximum atomic E-state index is 5.28. The molecule has 0 aliphatic rings. The molecule has 5 nitrogen and oxygen atoms in total. The molecule has 0 aliphatic heterocycles. The van der Waals surface area contributed by atoms with E-state index in [1.807, 2.05) is 35.0 Å². The summed E-state index contributed by atoms with van der Waals surface area (Å²) in [6, 6.07) is 24.8. The van der Waals surface area contributed by atoms with E-state index in [0.29, 0.717) is 6.54 Å². The van der Waals surface area contributed by atoms with Crippen molar-refractivity contribution >= 4 is 33.5 Å². The van der Waals surface area contributed by atoms with Crippen molar-refractivity contribution in [1.29, 1.82) is 0 Å². The smallest absolute Gasteiger partial charge is 0.159 e. The highest BCUT2D eigenvalue weighted by molar-refractivity contribution is 14.1. The van der Waals surface area contributed by atoms with Crippen LogP contribution < -0.4 is 4.74 Å². The third-order valence-electron chi connectivity index (χ3n) is 5.36. The Hall–Kier alpha value is -3.13. The molecule has 154 valence electrons. The molecule has 5 rings (SSSR count). The number of rotatable bonds is 5. The van der Waals surface area contributed by atoms with Crippen LogP contribution in [-0.4, -0.2) is 26.9 Å². The number of H-pyrrole nitrogens is 1. The minimum absolute atomic E-state index is 0.673. The van der Waals surface area contributed by atoms with E-state index in [1.165, 1.54) is 3.57 Å². The van der Waals surface area contributed by atoms with E-state index in [4.69, 9.17) is 14.8 Å². The maximum Gasteiger partial charge on any atom is 0.159 e. The van der Waals surface area contributed by atoms with Crippen LogP contribution in [0.15, 0.2) is 72.8 Å². The second-order valence-corrected chi connectivity index (χ2v) is 8.69. The minimum atomic E-state index is 0.673. The molecule has 5 aromatic rings. The van der Waals surface area contributed by atoms with E-state index in [9.17, 15) is 0 Å². The number of nitrogens with one attached hydrogen (secondary N) is 1. The first-order chi connectivity index (χ1) is 15.1. The van der Waals surface area contributed by atoms with Crippen molar-refractivity contribution in [1.82, 2.24) is 19.7 Å². The molecule has 6 heteroatoms. The fourth-order valence-electron chi connectivity index (χ4n) is 3.80. The lowest BCUT2D eigenvalue weighted by Crippen LogP contribution is -2.02. The lowest BCUT2D eigenvalue weighted by atomic mass is 10.1. The molecule has 0 unspecified atom stereocenters. The van der Waals surface area contributed by atoms with Gasteiger partial charge >= 0.3 is 0 Å². The Morgan fingerprint density at radius 2 is 1.74 bits per heavy atom. The zero-order valence-corrected chi connectivity index (χ0v) is 19.4. The summed E-state index contributed by atoms with van der Waals surface area (Å²) in [6.45, 7) is 2.73. The van der Waals surface area contributed by atoms with Crippen molar-refractivity contribution in [2.24, 2.45) is 0 Å². The lowest BCUT2D eigenvalue weighted by molar-refractivity contribution is 0.414. The number of nitrogens with zero attached hydrogens (tertiary/aromatic N) is 3. The quantitative estimate of drug-likeness (QED) is 0.287. The summed E-state index contributed by atoms with van der Waals surface area (Å²) >= 11 is 2.34. The van der Waals surface area contributed by atoms with Crippen molar-refractivity contribution < 1.29 is 4.74 Å². The van der Waals surface area contributed by atoms with Gasteiger partial charge in [0.15, 0.2) is 5.82 Å². The predicted molar refractivity (Wildman–Crippen MR) is 132 cm³/mol. The molecule has 0 bridgehead atoms. The largest absolute Gasteiger partial charge is 0.497 e. The normalized spacial score (nSPS) is 11.2. The Morgan fingerprint density at radius 1 is 0.968 bits per heavy atom. The van der Waals surface area contributed by atoms with Crippen LogP contribution in [0.5, 0.6) is 5.75 Å². The fourth-order valence-corrected chi connectivity index (χ4v) is 4.29. The number of benzene rings is 3. The summed E-state index contributed by atoms with van der Waals surface area (Å²) in [5, 5.41) is 6.07. The van der Waals surface area contributed by atoms with Crippen LogP contribution in [-0.2, 0) is 6.54 Å². The van der Waals surface area contributed by atoms with Crippen LogP contribution in [0.3, 0.4) is 0 Å². The highest BCUT2D eigenvalue weighted by atomic mass is 127. The molecule has 0 fully saturated rings. The minimum Gasteiger partial charge on any atom is -0.497 e. The van der Waals surface area contributed by atoms with Gasteiger partial charge in [-0.05, 0) is 65.4 Å². The SMILES string of the molecule is COc1ccc(Cn2nc(-c3nc(-c4ccccc4)c(C)[nH]3)c3cc(I)ccc32)cc1. The van der Waals surface area contributed by atoms with Crippen LogP contribution >= 0.6 is 22.6 Å². The average molecular weight is 520 g/mol. The molecule has 0 saturated carbocycles. The Balaban J connectivity index is 1.60. The maximum absolute atomic E-state index is 5.28. The van der Waals surface area contributed by atoms with Gasteiger partial charge in [-0.2, -0.15) is 5.10 Å². The lowest BCUT2D eigenvalue weighted by Gasteiger charge is -2.05. The molecule has 31 heavy (non-hydrogen) atoms. The van der Waals surface area contributed by atoms with Crippen molar-refractivity contribution in [2.75, 3.05) is 7.11 Å². The van der Waals surface area contributed by atoms with Gasteiger partial charge in [-0.25, -0.2) is 4.98 Å². The van der Waals surface area contributed by atoms with Crippen LogP contribution in [0.4, 0.5) is 0 Å². The number of imidazole rings is 1. The third-order valence-corrected chi connectivity index (χ3v) is 6.03. The van der Waals surface area contributed by atoms with E-state index < -0.39 is 0 Å². The van der Waals surface area contributed by atoms with Crippen molar-refractivity contribution in [2.45, 2.75) is 13.5 Å². The van der Waals surface area contributed by atoms with Gasteiger partial charge in [0.25, 0.3) is 0 Å². The topological polar surface area (TPSA) is 55.7 Å². The van der Waals surface area contributed by atoms with Crippen molar-refractivity contribution in [3.63, 3.8) is 0 Å². The average Bonchev–Trinajstić information content (AvgIpc) is 3.35. The molecule has 2 heterocycles. The number of hydrogen-bond donors (Lipinski definition) is 1. The summed E-state index contributed by atoms with van der Waals surface area (Å²) in [7, 11) is 1.68. The Kier molecular flexibility index (Phi) is 5.23. The molecule has 2 aromatic heterocycles. The first kappa shape index (κ1) is 19.8. The molecule has 1 N–H and O–H groups in total. The van der Waals surface area contributed by atoms with Gasteiger partial charge in [-0.15, -0.1) is 0 Å². The van der Waals surface area contributed by atoms with Gasteiger partial charge < -0.3 is 9.72 Å². The van der Waals surface area contributed by atoms with E-state index in [0.717, 1.165) is 50.7 Å². The van der Waals surface area contributed by atoms with E-state index in [-0.39, 0.29) is 0 Å². The van der Waals surface area contributed by atoms with Crippen LogP contribution in [0.25, 0.3) is 33.7 Å². The zero-order valence-electron chi connectivity index (χ0n) is 17.3. The van der Waals surface area contributed by atoms with Crippen LogP contribution in [0.1, 0.15) is 11.3 Å². The highest BCUT2D eigenvalue weighted by Gasteiger charge is 2.18. The molecular weight excluding hydrogens is 499 g/mol. The Bertz CT molecular complexity index is 1350. The summed E-state index contributed by atoms with van der Waals surface area (Å²) in [4.78, 5) is 8.38. The summed E-state index contributed by atoms with van der Waals surface area (Å²) in [5.41, 5.74) is 6.20. The van der Waals surface area contributed by atoms with Gasteiger partial charge in [0.05, 0.1) is 24.9 Å².